The van der Waals surface area contributed by atoms with Crippen LogP contribution in [0.2, 0.25) is 0 Å². The van der Waals surface area contributed by atoms with Gasteiger partial charge in [-0.2, -0.15) is 4.31 Å². The molecule has 1 aromatic rings. The SMILES string of the molecule is Cc1ccc(S(=O)(=O)N2CCCC2C(=O)NCCCO)s1. The average molecular weight is 332 g/mol. The van der Waals surface area contributed by atoms with Gasteiger partial charge in [0.2, 0.25) is 5.91 Å². The molecule has 1 unspecified atom stereocenters. The fourth-order valence-corrected chi connectivity index (χ4v) is 5.43. The number of nitrogens with zero attached hydrogens (tertiary/aromatic N) is 1. The van der Waals surface area contributed by atoms with E-state index in [-0.39, 0.29) is 16.7 Å². The summed E-state index contributed by atoms with van der Waals surface area (Å²) < 4.78 is 26.8. The first-order valence-electron chi connectivity index (χ1n) is 6.93. The molecule has 1 atom stereocenters. The molecule has 1 aromatic heterocycles. The summed E-state index contributed by atoms with van der Waals surface area (Å²) in [5.74, 6) is -0.280. The smallest absolute Gasteiger partial charge is 0.253 e. The van der Waals surface area contributed by atoms with E-state index in [0.717, 1.165) is 4.88 Å². The molecule has 1 aliphatic heterocycles. The first-order valence-corrected chi connectivity index (χ1v) is 9.19. The summed E-state index contributed by atoms with van der Waals surface area (Å²) in [6.07, 6.45) is 1.69. The van der Waals surface area contributed by atoms with Gasteiger partial charge in [-0.05, 0) is 38.3 Å². The molecular weight excluding hydrogens is 312 g/mol. The van der Waals surface area contributed by atoms with Gasteiger partial charge in [-0.25, -0.2) is 8.42 Å². The maximum atomic E-state index is 12.6. The lowest BCUT2D eigenvalue weighted by atomic mass is 10.2. The molecule has 2 heterocycles. The first kappa shape index (κ1) is 16.4. The molecule has 2 rings (SSSR count). The normalized spacial score (nSPS) is 19.8. The van der Waals surface area contributed by atoms with Crippen molar-refractivity contribution < 1.29 is 18.3 Å². The van der Waals surface area contributed by atoms with Crippen LogP contribution >= 0.6 is 11.3 Å². The molecule has 8 heteroatoms. The second-order valence-electron chi connectivity index (χ2n) is 5.01. The predicted octanol–water partition coefficient (Wildman–Crippen LogP) is 0.708. The highest BCUT2D eigenvalue weighted by atomic mass is 32.2. The van der Waals surface area contributed by atoms with Gasteiger partial charge in [0.1, 0.15) is 10.3 Å². The van der Waals surface area contributed by atoms with Crippen LogP contribution in [0, 0.1) is 6.92 Å². The Balaban J connectivity index is 2.12. The number of nitrogens with one attached hydrogen (secondary N) is 1. The summed E-state index contributed by atoms with van der Waals surface area (Å²) in [5.41, 5.74) is 0. The molecule has 0 spiro atoms. The highest BCUT2D eigenvalue weighted by Crippen LogP contribution is 2.30. The summed E-state index contributed by atoms with van der Waals surface area (Å²) in [5, 5.41) is 11.4. The van der Waals surface area contributed by atoms with Gasteiger partial charge in [0.25, 0.3) is 10.0 Å². The van der Waals surface area contributed by atoms with Crippen LogP contribution in [-0.2, 0) is 14.8 Å². The van der Waals surface area contributed by atoms with E-state index >= 15 is 0 Å². The van der Waals surface area contributed by atoms with Gasteiger partial charge in [0, 0.05) is 24.6 Å². The van der Waals surface area contributed by atoms with E-state index in [1.54, 1.807) is 12.1 Å². The number of aliphatic hydroxyl groups is 1. The number of aryl methyl sites for hydroxylation is 1. The summed E-state index contributed by atoms with van der Waals surface area (Å²) >= 11 is 1.22. The highest BCUT2D eigenvalue weighted by molar-refractivity contribution is 7.91. The third-order valence-corrected chi connectivity index (χ3v) is 6.80. The van der Waals surface area contributed by atoms with Crippen molar-refractivity contribution in [1.82, 2.24) is 9.62 Å². The van der Waals surface area contributed by atoms with Crippen molar-refractivity contribution in [3.8, 4) is 0 Å². The standard InChI is InChI=1S/C13H20N2O4S2/c1-10-5-6-12(20-10)21(18,19)15-8-2-4-11(15)13(17)14-7-3-9-16/h5-6,11,16H,2-4,7-9H2,1H3,(H,14,17). The summed E-state index contributed by atoms with van der Waals surface area (Å²) in [7, 11) is -3.60. The van der Waals surface area contributed by atoms with Crippen molar-refractivity contribution in [3.05, 3.63) is 17.0 Å². The van der Waals surface area contributed by atoms with Gasteiger partial charge >= 0.3 is 0 Å². The number of thiophene rings is 1. The zero-order valence-corrected chi connectivity index (χ0v) is 13.5. The third kappa shape index (κ3) is 3.63. The van der Waals surface area contributed by atoms with E-state index in [1.165, 1.54) is 15.6 Å². The van der Waals surface area contributed by atoms with Crippen LogP contribution in [0.3, 0.4) is 0 Å². The van der Waals surface area contributed by atoms with E-state index in [1.807, 2.05) is 6.92 Å². The van der Waals surface area contributed by atoms with Crippen LogP contribution in [0.15, 0.2) is 16.3 Å². The quantitative estimate of drug-likeness (QED) is 0.751. The largest absolute Gasteiger partial charge is 0.396 e. The number of hydrogen-bond donors (Lipinski definition) is 2. The molecule has 2 N–H and O–H groups in total. The Bertz CT molecular complexity index is 597. The number of carbonyl (C=O) groups is 1. The van der Waals surface area contributed by atoms with Crippen LogP contribution in [0.5, 0.6) is 0 Å². The van der Waals surface area contributed by atoms with Gasteiger partial charge in [-0.1, -0.05) is 0 Å². The Kier molecular flexibility index (Phi) is 5.37. The van der Waals surface area contributed by atoms with Crippen molar-refractivity contribution in [2.75, 3.05) is 19.7 Å². The Labute approximate surface area is 128 Å². The molecule has 1 amide bonds. The lowest BCUT2D eigenvalue weighted by Crippen LogP contribution is -2.46. The zero-order chi connectivity index (χ0) is 15.5. The Morgan fingerprint density at radius 1 is 1.52 bits per heavy atom. The van der Waals surface area contributed by atoms with E-state index in [2.05, 4.69) is 5.32 Å². The van der Waals surface area contributed by atoms with Crippen LogP contribution in [0.4, 0.5) is 0 Å². The summed E-state index contributed by atoms with van der Waals surface area (Å²) in [4.78, 5) is 13.0. The number of carbonyl (C=O) groups excluding carboxylic acids is 1. The molecule has 0 aliphatic carbocycles. The third-order valence-electron chi connectivity index (χ3n) is 3.42. The van der Waals surface area contributed by atoms with E-state index in [0.29, 0.717) is 32.4 Å². The number of rotatable bonds is 6. The predicted molar refractivity (Wildman–Crippen MR) is 80.7 cm³/mol. The average Bonchev–Trinajstić information content (AvgIpc) is 3.07. The highest BCUT2D eigenvalue weighted by Gasteiger charge is 2.39. The molecule has 1 aliphatic rings. The van der Waals surface area contributed by atoms with Gasteiger partial charge in [0.05, 0.1) is 0 Å². The Morgan fingerprint density at radius 3 is 2.90 bits per heavy atom. The minimum atomic E-state index is -3.60. The monoisotopic (exact) mass is 332 g/mol. The van der Waals surface area contributed by atoms with E-state index in [4.69, 9.17) is 5.11 Å². The van der Waals surface area contributed by atoms with Gasteiger partial charge < -0.3 is 10.4 Å². The summed E-state index contributed by atoms with van der Waals surface area (Å²) in [6.45, 7) is 2.59. The maximum absolute atomic E-state index is 12.6. The van der Waals surface area contributed by atoms with Crippen molar-refractivity contribution in [3.63, 3.8) is 0 Å². The number of sulfonamides is 1. The van der Waals surface area contributed by atoms with Crippen LogP contribution < -0.4 is 5.32 Å². The lowest BCUT2D eigenvalue weighted by molar-refractivity contribution is -0.124. The summed E-state index contributed by atoms with van der Waals surface area (Å²) in [6, 6.07) is 2.72. The zero-order valence-electron chi connectivity index (χ0n) is 11.9. The minimum Gasteiger partial charge on any atom is -0.396 e. The molecular formula is C13H20N2O4S2. The second-order valence-corrected chi connectivity index (χ2v) is 8.41. The fraction of sp³-hybridized carbons (Fsp3) is 0.615. The number of aliphatic hydroxyl groups excluding tert-OH is 1. The molecule has 6 nitrogen and oxygen atoms in total. The number of hydrogen-bond acceptors (Lipinski definition) is 5. The number of amides is 1. The van der Waals surface area contributed by atoms with Gasteiger partial charge in [0.15, 0.2) is 0 Å². The van der Waals surface area contributed by atoms with Crippen LogP contribution in [0.25, 0.3) is 0 Å². The molecule has 0 saturated carbocycles. The van der Waals surface area contributed by atoms with E-state index < -0.39 is 16.1 Å². The molecule has 118 valence electrons. The Hall–Kier alpha value is -0.960. The molecule has 0 aromatic carbocycles. The molecule has 0 radical (unpaired) electrons. The molecule has 21 heavy (non-hydrogen) atoms. The van der Waals surface area contributed by atoms with E-state index in [9.17, 15) is 13.2 Å². The minimum absolute atomic E-state index is 0.00142. The maximum Gasteiger partial charge on any atom is 0.253 e. The van der Waals surface area contributed by atoms with Crippen molar-refractivity contribution in [2.45, 2.75) is 36.4 Å². The fourth-order valence-electron chi connectivity index (χ4n) is 2.36. The first-order chi connectivity index (χ1) is 9.96. The molecule has 0 bridgehead atoms. The topological polar surface area (TPSA) is 86.7 Å². The Morgan fingerprint density at radius 2 is 2.29 bits per heavy atom. The van der Waals surface area contributed by atoms with Crippen molar-refractivity contribution in [1.29, 1.82) is 0 Å². The molecule has 1 fully saturated rings. The van der Waals surface area contributed by atoms with Crippen molar-refractivity contribution in [2.24, 2.45) is 0 Å². The van der Waals surface area contributed by atoms with Crippen LogP contribution in [-0.4, -0.2) is 49.5 Å². The van der Waals surface area contributed by atoms with Crippen molar-refractivity contribution >= 4 is 27.3 Å². The molecule has 1 saturated heterocycles. The van der Waals surface area contributed by atoms with Gasteiger partial charge in [-0.3, -0.25) is 4.79 Å². The lowest BCUT2D eigenvalue weighted by Gasteiger charge is -2.22. The van der Waals surface area contributed by atoms with Gasteiger partial charge in [-0.15, -0.1) is 11.3 Å². The second kappa shape index (κ2) is 6.87. The van der Waals surface area contributed by atoms with Crippen LogP contribution in [0.1, 0.15) is 24.1 Å².